The fourth-order valence-electron chi connectivity index (χ4n) is 4.28. The molecule has 0 fully saturated rings. The summed E-state index contributed by atoms with van der Waals surface area (Å²) in [6, 6.07) is 19.4. The van der Waals surface area contributed by atoms with Crippen LogP contribution < -0.4 is 9.64 Å². The van der Waals surface area contributed by atoms with Gasteiger partial charge in [0.15, 0.2) is 0 Å². The van der Waals surface area contributed by atoms with E-state index in [4.69, 9.17) is 4.74 Å². The van der Waals surface area contributed by atoms with Crippen molar-refractivity contribution in [3.8, 4) is 5.75 Å². The maximum atomic E-state index is 13.6. The molecule has 0 radical (unpaired) electrons. The molecular weight excluding hydrogens is 408 g/mol. The molecule has 0 aliphatic carbocycles. The van der Waals surface area contributed by atoms with Crippen LogP contribution in [-0.4, -0.2) is 30.4 Å². The summed E-state index contributed by atoms with van der Waals surface area (Å²) in [6.45, 7) is 0.951. The van der Waals surface area contributed by atoms with Gasteiger partial charge >= 0.3 is 0 Å². The van der Waals surface area contributed by atoms with Gasteiger partial charge in [-0.15, -0.1) is 11.3 Å². The van der Waals surface area contributed by atoms with Crippen LogP contribution in [0.1, 0.15) is 22.4 Å². The molecule has 156 valence electrons. The monoisotopic (exact) mass is 430 g/mol. The second-order valence-electron chi connectivity index (χ2n) is 7.63. The highest BCUT2D eigenvalue weighted by Crippen LogP contribution is 2.39. The number of fused-ring (bicyclic) bond motifs is 1. The molecule has 31 heavy (non-hydrogen) atoms. The zero-order chi connectivity index (χ0) is 21.4. The van der Waals surface area contributed by atoms with Gasteiger partial charge in [-0.2, -0.15) is 0 Å². The van der Waals surface area contributed by atoms with Crippen molar-refractivity contribution in [1.29, 1.82) is 0 Å². The lowest BCUT2D eigenvalue weighted by atomic mass is 10.00. The van der Waals surface area contributed by atoms with Crippen LogP contribution in [0.2, 0.25) is 0 Å². The summed E-state index contributed by atoms with van der Waals surface area (Å²) in [5.41, 5.74) is 4.11. The maximum absolute atomic E-state index is 13.6. The Bertz CT molecular complexity index is 1170. The topological polar surface area (TPSA) is 49.9 Å². The van der Waals surface area contributed by atoms with Gasteiger partial charge in [0.25, 0.3) is 11.8 Å². The Morgan fingerprint density at radius 2 is 1.77 bits per heavy atom. The van der Waals surface area contributed by atoms with Crippen LogP contribution in [0.4, 0.5) is 5.69 Å². The van der Waals surface area contributed by atoms with E-state index < -0.39 is 0 Å². The minimum Gasteiger partial charge on any atom is -0.497 e. The van der Waals surface area contributed by atoms with Crippen LogP contribution in [0.15, 0.2) is 71.7 Å². The summed E-state index contributed by atoms with van der Waals surface area (Å²) in [5.74, 6) is 0.271. The summed E-state index contributed by atoms with van der Waals surface area (Å²) in [7, 11) is 1.61. The molecule has 2 aromatic carbocycles. The maximum Gasteiger partial charge on any atom is 0.278 e. The SMILES string of the molecule is COc1ccc(CN2C(=O)C(c3cccs3)=C(N3CCCc4ccccc43)C2=O)cc1. The van der Waals surface area contributed by atoms with Crippen molar-refractivity contribution in [3.63, 3.8) is 0 Å². The molecule has 0 saturated heterocycles. The van der Waals surface area contributed by atoms with Gasteiger partial charge in [-0.05, 0) is 53.6 Å². The fourth-order valence-corrected chi connectivity index (χ4v) is 5.04. The van der Waals surface area contributed by atoms with E-state index in [9.17, 15) is 9.59 Å². The van der Waals surface area contributed by atoms with Gasteiger partial charge in [-0.3, -0.25) is 14.5 Å². The van der Waals surface area contributed by atoms with Crippen molar-refractivity contribution in [1.82, 2.24) is 4.90 Å². The third kappa shape index (κ3) is 3.43. The molecule has 2 amide bonds. The number of carbonyl (C=O) groups is 2. The number of ether oxygens (including phenoxy) is 1. The van der Waals surface area contributed by atoms with Crippen molar-refractivity contribution in [2.75, 3.05) is 18.6 Å². The second kappa shape index (κ2) is 8.04. The summed E-state index contributed by atoms with van der Waals surface area (Å²) in [6.07, 6.45) is 1.92. The Morgan fingerprint density at radius 1 is 0.968 bits per heavy atom. The second-order valence-corrected chi connectivity index (χ2v) is 8.58. The van der Waals surface area contributed by atoms with Crippen molar-refractivity contribution in [2.45, 2.75) is 19.4 Å². The van der Waals surface area contributed by atoms with E-state index in [1.807, 2.05) is 64.9 Å². The molecule has 0 N–H and O–H groups in total. The van der Waals surface area contributed by atoms with Crippen LogP contribution in [0.25, 0.3) is 5.57 Å². The third-order valence-electron chi connectivity index (χ3n) is 5.79. The number of hydrogen-bond acceptors (Lipinski definition) is 5. The molecule has 2 aliphatic rings. The first kappa shape index (κ1) is 19.6. The highest BCUT2D eigenvalue weighted by atomic mass is 32.1. The van der Waals surface area contributed by atoms with Crippen LogP contribution in [0.5, 0.6) is 5.75 Å². The number of aryl methyl sites for hydroxylation is 1. The minimum atomic E-state index is -0.235. The average molecular weight is 431 g/mol. The molecule has 0 atom stereocenters. The standard InChI is InChI=1S/C25H22N2O3S/c1-30-19-12-10-17(11-13-19)16-27-24(28)22(21-9-5-15-31-21)23(25(27)29)26-14-4-7-18-6-2-3-8-20(18)26/h2-3,5-6,8-13,15H,4,7,14,16H2,1H3. The minimum absolute atomic E-state index is 0.232. The molecule has 1 aromatic heterocycles. The van der Waals surface area contributed by atoms with Gasteiger partial charge in [0, 0.05) is 17.1 Å². The first-order valence-electron chi connectivity index (χ1n) is 10.3. The van der Waals surface area contributed by atoms with E-state index >= 15 is 0 Å². The van der Waals surface area contributed by atoms with Crippen LogP contribution >= 0.6 is 11.3 Å². The lowest BCUT2D eigenvalue weighted by Gasteiger charge is -2.32. The van der Waals surface area contributed by atoms with Gasteiger partial charge in [-0.1, -0.05) is 36.4 Å². The Labute approximate surface area is 185 Å². The Kier molecular flexibility index (Phi) is 5.08. The molecule has 0 spiro atoms. The number of hydrogen-bond donors (Lipinski definition) is 0. The zero-order valence-electron chi connectivity index (χ0n) is 17.2. The number of para-hydroxylation sites is 1. The van der Waals surface area contributed by atoms with Crippen molar-refractivity contribution in [3.05, 3.63) is 87.7 Å². The van der Waals surface area contributed by atoms with E-state index in [0.717, 1.165) is 41.3 Å². The number of methoxy groups -OCH3 is 1. The third-order valence-corrected chi connectivity index (χ3v) is 6.68. The van der Waals surface area contributed by atoms with Gasteiger partial charge in [0.05, 0.1) is 19.2 Å². The summed E-state index contributed by atoms with van der Waals surface area (Å²) < 4.78 is 5.22. The van der Waals surface area contributed by atoms with Gasteiger partial charge in [-0.25, -0.2) is 0 Å². The summed E-state index contributed by atoms with van der Waals surface area (Å²) in [4.78, 5) is 31.4. The molecular formula is C25H22N2O3S. The highest BCUT2D eigenvalue weighted by Gasteiger charge is 2.43. The van der Waals surface area contributed by atoms with Crippen molar-refractivity contribution >= 4 is 34.4 Å². The lowest BCUT2D eigenvalue weighted by molar-refractivity contribution is -0.137. The molecule has 3 aromatic rings. The van der Waals surface area contributed by atoms with Crippen molar-refractivity contribution in [2.24, 2.45) is 0 Å². The van der Waals surface area contributed by atoms with Crippen LogP contribution in [0, 0.1) is 0 Å². The largest absolute Gasteiger partial charge is 0.497 e. The fraction of sp³-hybridized carbons (Fsp3) is 0.200. The molecule has 5 nitrogen and oxygen atoms in total. The molecule has 3 heterocycles. The summed E-state index contributed by atoms with van der Waals surface area (Å²) in [5, 5.41) is 1.94. The smallest absolute Gasteiger partial charge is 0.278 e. The number of thiophene rings is 1. The summed E-state index contributed by atoms with van der Waals surface area (Å²) >= 11 is 1.49. The number of amides is 2. The molecule has 0 bridgehead atoms. The van der Waals surface area contributed by atoms with E-state index in [1.165, 1.54) is 21.8 Å². The first-order chi connectivity index (χ1) is 15.2. The van der Waals surface area contributed by atoms with E-state index in [0.29, 0.717) is 11.3 Å². The Hall–Kier alpha value is -3.38. The normalized spacial score (nSPS) is 16.2. The molecule has 6 heteroatoms. The van der Waals surface area contributed by atoms with Crippen LogP contribution in [0.3, 0.4) is 0 Å². The van der Waals surface area contributed by atoms with E-state index in [1.54, 1.807) is 7.11 Å². The number of rotatable bonds is 5. The molecule has 2 aliphatic heterocycles. The van der Waals surface area contributed by atoms with Gasteiger partial charge in [0.1, 0.15) is 11.4 Å². The first-order valence-corrected chi connectivity index (χ1v) is 11.2. The average Bonchev–Trinajstić information content (AvgIpc) is 3.42. The molecule has 0 saturated carbocycles. The molecule has 0 unspecified atom stereocenters. The highest BCUT2D eigenvalue weighted by molar-refractivity contribution is 7.11. The zero-order valence-corrected chi connectivity index (χ0v) is 18.0. The van der Waals surface area contributed by atoms with E-state index in [-0.39, 0.29) is 18.4 Å². The number of carbonyl (C=O) groups excluding carboxylic acids is 2. The Balaban J connectivity index is 1.56. The van der Waals surface area contributed by atoms with Crippen molar-refractivity contribution < 1.29 is 14.3 Å². The Morgan fingerprint density at radius 3 is 2.52 bits per heavy atom. The molecule has 5 rings (SSSR count). The van der Waals surface area contributed by atoms with Gasteiger partial charge < -0.3 is 9.64 Å². The predicted molar refractivity (Wildman–Crippen MR) is 122 cm³/mol. The predicted octanol–water partition coefficient (Wildman–Crippen LogP) is 4.49. The number of nitrogens with zero attached hydrogens (tertiary/aromatic N) is 2. The quantitative estimate of drug-likeness (QED) is 0.560. The number of anilines is 1. The van der Waals surface area contributed by atoms with Gasteiger partial charge in [0.2, 0.25) is 0 Å². The van der Waals surface area contributed by atoms with Crippen LogP contribution in [-0.2, 0) is 22.6 Å². The lowest BCUT2D eigenvalue weighted by Crippen LogP contribution is -2.36. The van der Waals surface area contributed by atoms with E-state index in [2.05, 4.69) is 6.07 Å². The number of imide groups is 1. The number of benzene rings is 2.